The van der Waals surface area contributed by atoms with Crippen LogP contribution in [0, 0.1) is 0 Å². The molecular formula is C11H16ClN3OS. The molecule has 1 rings (SSSR count). The van der Waals surface area contributed by atoms with Crippen molar-refractivity contribution in [3.05, 3.63) is 22.8 Å². The number of thioether (sulfide) groups is 1. The van der Waals surface area contributed by atoms with Crippen LogP contribution in [-0.4, -0.2) is 29.4 Å². The summed E-state index contributed by atoms with van der Waals surface area (Å²) in [6.07, 6.45) is 4.14. The van der Waals surface area contributed by atoms with E-state index in [9.17, 15) is 4.79 Å². The standard InChI is InChI=1S/C11H16ClN3OS/c1-17-5-3-2-4-14-11(16)8-6-9(12)15-10(13)7-8/h6-7H,2-5H2,1H3,(H2,13,15)(H,14,16). The zero-order valence-electron chi connectivity index (χ0n) is 9.70. The van der Waals surface area contributed by atoms with Crippen molar-refractivity contribution in [1.82, 2.24) is 10.3 Å². The molecule has 0 unspecified atom stereocenters. The van der Waals surface area contributed by atoms with Gasteiger partial charge < -0.3 is 11.1 Å². The fourth-order valence-electron chi connectivity index (χ4n) is 1.32. The summed E-state index contributed by atoms with van der Waals surface area (Å²) in [5.74, 6) is 1.21. The van der Waals surface area contributed by atoms with Crippen LogP contribution in [0.4, 0.5) is 5.82 Å². The van der Waals surface area contributed by atoms with E-state index in [0.29, 0.717) is 12.1 Å². The molecule has 6 heteroatoms. The highest BCUT2D eigenvalue weighted by atomic mass is 35.5. The maximum Gasteiger partial charge on any atom is 0.251 e. The zero-order chi connectivity index (χ0) is 12.7. The molecule has 1 aromatic heterocycles. The monoisotopic (exact) mass is 273 g/mol. The third-order valence-corrected chi connectivity index (χ3v) is 3.03. The van der Waals surface area contributed by atoms with Crippen LogP contribution < -0.4 is 11.1 Å². The van der Waals surface area contributed by atoms with Crippen molar-refractivity contribution in [2.24, 2.45) is 0 Å². The summed E-state index contributed by atoms with van der Waals surface area (Å²) in [6.45, 7) is 0.666. The van der Waals surface area contributed by atoms with Gasteiger partial charge >= 0.3 is 0 Å². The van der Waals surface area contributed by atoms with E-state index in [0.717, 1.165) is 18.6 Å². The lowest BCUT2D eigenvalue weighted by Gasteiger charge is -2.05. The van der Waals surface area contributed by atoms with Gasteiger partial charge in [0, 0.05) is 12.1 Å². The van der Waals surface area contributed by atoms with Crippen molar-refractivity contribution in [3.8, 4) is 0 Å². The number of halogens is 1. The molecule has 94 valence electrons. The Morgan fingerprint density at radius 1 is 1.53 bits per heavy atom. The van der Waals surface area contributed by atoms with E-state index >= 15 is 0 Å². The summed E-state index contributed by atoms with van der Waals surface area (Å²) in [7, 11) is 0. The Kier molecular flexibility index (Phi) is 6.15. The van der Waals surface area contributed by atoms with E-state index in [1.54, 1.807) is 11.8 Å². The van der Waals surface area contributed by atoms with Crippen molar-refractivity contribution >= 4 is 35.1 Å². The van der Waals surface area contributed by atoms with E-state index in [4.69, 9.17) is 17.3 Å². The SMILES string of the molecule is CSCCCCNC(=O)c1cc(N)nc(Cl)c1. The molecule has 0 aliphatic rings. The van der Waals surface area contributed by atoms with Gasteiger partial charge in [0.1, 0.15) is 11.0 Å². The largest absolute Gasteiger partial charge is 0.384 e. The maximum absolute atomic E-state index is 11.7. The summed E-state index contributed by atoms with van der Waals surface area (Å²) in [6, 6.07) is 3.03. The van der Waals surface area contributed by atoms with Crippen LogP contribution >= 0.6 is 23.4 Å². The van der Waals surface area contributed by atoms with Crippen molar-refractivity contribution < 1.29 is 4.79 Å². The highest BCUT2D eigenvalue weighted by Crippen LogP contribution is 2.11. The van der Waals surface area contributed by atoms with E-state index in [-0.39, 0.29) is 16.9 Å². The number of anilines is 1. The molecule has 0 radical (unpaired) electrons. The lowest BCUT2D eigenvalue weighted by Crippen LogP contribution is -2.24. The summed E-state index contributed by atoms with van der Waals surface area (Å²) in [4.78, 5) is 15.5. The lowest BCUT2D eigenvalue weighted by atomic mass is 10.2. The van der Waals surface area contributed by atoms with E-state index in [1.807, 2.05) is 0 Å². The minimum Gasteiger partial charge on any atom is -0.384 e. The quantitative estimate of drug-likeness (QED) is 0.616. The zero-order valence-corrected chi connectivity index (χ0v) is 11.3. The van der Waals surface area contributed by atoms with Crippen LogP contribution in [0.1, 0.15) is 23.2 Å². The molecule has 0 fully saturated rings. The Balaban J connectivity index is 2.41. The number of carbonyl (C=O) groups is 1. The Bertz CT molecular complexity index is 367. The van der Waals surface area contributed by atoms with Gasteiger partial charge in [-0.3, -0.25) is 4.79 Å². The highest BCUT2D eigenvalue weighted by Gasteiger charge is 2.07. The molecule has 0 aliphatic carbocycles. The minimum atomic E-state index is -0.162. The fourth-order valence-corrected chi connectivity index (χ4v) is 2.03. The summed E-state index contributed by atoms with van der Waals surface area (Å²) < 4.78 is 0. The predicted molar refractivity (Wildman–Crippen MR) is 73.6 cm³/mol. The molecule has 1 heterocycles. The van der Waals surface area contributed by atoms with Crippen LogP contribution in [-0.2, 0) is 0 Å². The van der Waals surface area contributed by atoms with Gasteiger partial charge in [-0.15, -0.1) is 0 Å². The molecule has 0 aromatic carbocycles. The number of hydrogen-bond acceptors (Lipinski definition) is 4. The third-order valence-electron chi connectivity index (χ3n) is 2.14. The molecular weight excluding hydrogens is 258 g/mol. The van der Waals surface area contributed by atoms with Gasteiger partial charge in [0.25, 0.3) is 5.91 Å². The molecule has 1 amide bonds. The topological polar surface area (TPSA) is 68.0 Å². The number of hydrogen-bond donors (Lipinski definition) is 2. The molecule has 0 saturated carbocycles. The van der Waals surface area contributed by atoms with Crippen LogP contribution in [0.2, 0.25) is 5.15 Å². The average Bonchev–Trinajstić information content (AvgIpc) is 2.27. The van der Waals surface area contributed by atoms with Crippen LogP contribution in [0.5, 0.6) is 0 Å². The lowest BCUT2D eigenvalue weighted by molar-refractivity contribution is 0.0953. The number of nitrogens with zero attached hydrogens (tertiary/aromatic N) is 1. The first-order valence-corrected chi connectivity index (χ1v) is 7.11. The number of nitrogens with two attached hydrogens (primary N) is 1. The molecule has 4 nitrogen and oxygen atoms in total. The number of carbonyl (C=O) groups excluding carboxylic acids is 1. The smallest absolute Gasteiger partial charge is 0.251 e. The van der Waals surface area contributed by atoms with E-state index in [2.05, 4.69) is 16.6 Å². The number of rotatable bonds is 6. The second-order valence-electron chi connectivity index (χ2n) is 3.56. The van der Waals surface area contributed by atoms with Gasteiger partial charge in [0.2, 0.25) is 0 Å². The molecule has 0 atom stereocenters. The maximum atomic E-state index is 11.7. The summed E-state index contributed by atoms with van der Waals surface area (Å²) >= 11 is 7.53. The molecule has 17 heavy (non-hydrogen) atoms. The fraction of sp³-hybridized carbons (Fsp3) is 0.455. The average molecular weight is 274 g/mol. The molecule has 3 N–H and O–H groups in total. The first-order valence-electron chi connectivity index (χ1n) is 5.33. The van der Waals surface area contributed by atoms with Crippen molar-refractivity contribution in [2.75, 3.05) is 24.3 Å². The summed E-state index contributed by atoms with van der Waals surface area (Å²) in [5.41, 5.74) is 5.96. The molecule has 0 spiro atoms. The number of nitrogen functional groups attached to an aromatic ring is 1. The van der Waals surface area contributed by atoms with Crippen LogP contribution in [0.3, 0.4) is 0 Å². The second-order valence-corrected chi connectivity index (χ2v) is 4.93. The van der Waals surface area contributed by atoms with E-state index < -0.39 is 0 Å². The minimum absolute atomic E-state index is 0.162. The highest BCUT2D eigenvalue weighted by molar-refractivity contribution is 7.98. The Labute approximate surface area is 110 Å². The van der Waals surface area contributed by atoms with Crippen molar-refractivity contribution in [3.63, 3.8) is 0 Å². The first kappa shape index (κ1) is 14.1. The number of amides is 1. The number of pyridine rings is 1. The van der Waals surface area contributed by atoms with Crippen LogP contribution in [0.15, 0.2) is 12.1 Å². The van der Waals surface area contributed by atoms with Crippen molar-refractivity contribution in [2.45, 2.75) is 12.8 Å². The van der Waals surface area contributed by atoms with Crippen LogP contribution in [0.25, 0.3) is 0 Å². The predicted octanol–water partition coefficient (Wildman–Crippen LogP) is 2.19. The normalized spacial score (nSPS) is 10.2. The summed E-state index contributed by atoms with van der Waals surface area (Å²) in [5, 5.41) is 3.06. The van der Waals surface area contributed by atoms with E-state index in [1.165, 1.54) is 12.1 Å². The molecule has 0 aliphatic heterocycles. The third kappa shape index (κ3) is 5.28. The van der Waals surface area contributed by atoms with Crippen molar-refractivity contribution in [1.29, 1.82) is 0 Å². The Morgan fingerprint density at radius 2 is 2.29 bits per heavy atom. The van der Waals surface area contributed by atoms with Gasteiger partial charge in [0.15, 0.2) is 0 Å². The van der Waals surface area contributed by atoms with Gasteiger partial charge in [-0.05, 0) is 37.0 Å². The van der Waals surface area contributed by atoms with Gasteiger partial charge in [-0.2, -0.15) is 11.8 Å². The van der Waals surface area contributed by atoms with Gasteiger partial charge in [-0.25, -0.2) is 4.98 Å². The molecule has 0 bridgehead atoms. The molecule has 0 saturated heterocycles. The first-order chi connectivity index (χ1) is 8.13. The number of unbranched alkanes of at least 4 members (excludes halogenated alkanes) is 1. The van der Waals surface area contributed by atoms with Gasteiger partial charge in [0.05, 0.1) is 0 Å². The Morgan fingerprint density at radius 3 is 2.94 bits per heavy atom. The Hall–Kier alpha value is -0.940. The second kappa shape index (κ2) is 7.40. The molecule has 1 aromatic rings. The van der Waals surface area contributed by atoms with Gasteiger partial charge in [-0.1, -0.05) is 11.6 Å². The number of nitrogens with one attached hydrogen (secondary N) is 1. The number of aromatic nitrogens is 1.